The molecular weight excluding hydrogens is 566 g/mol. The normalized spacial score (nSPS) is 12.0. The van der Waals surface area contributed by atoms with Crippen molar-refractivity contribution in [3.63, 3.8) is 0 Å². The molecule has 8 heteroatoms. The lowest BCUT2D eigenvalue weighted by atomic mass is 9.93. The number of β-amino-alcohol motifs (C(OH)–C–C–N with tert-alkyl or cyclic N) is 1. The average Bonchev–Trinajstić information content (AvgIpc) is 2.92. The molecule has 43 heavy (non-hydrogen) atoms. The summed E-state index contributed by atoms with van der Waals surface area (Å²) in [5.74, 6) is -2.46. The molecule has 3 aromatic carbocycles. The first kappa shape index (κ1) is 36.2. The second-order valence-corrected chi connectivity index (χ2v) is 12.6. The number of nitrogens with one attached hydrogen (secondary N) is 1. The fourth-order valence-corrected chi connectivity index (χ4v) is 5.75. The Bertz CT molecular complexity index is 1320. The summed E-state index contributed by atoms with van der Waals surface area (Å²) in [5.41, 5.74) is 3.20. The molecule has 1 atom stereocenters. The highest BCUT2D eigenvalue weighted by Gasteiger charge is 2.20. The molecule has 1 unspecified atom stereocenters. The predicted octanol–water partition coefficient (Wildman–Crippen LogP) is 7.84. The molecule has 5 nitrogen and oxygen atoms in total. The van der Waals surface area contributed by atoms with Gasteiger partial charge in [-0.1, -0.05) is 42.5 Å². The highest BCUT2D eigenvalue weighted by atomic mass is 32.2. The Morgan fingerprint density at radius 1 is 1.12 bits per heavy atom. The number of hydrogen-bond acceptors (Lipinski definition) is 5. The molecule has 0 radical (unpaired) electrons. The number of aliphatic carboxylic acids is 1. The van der Waals surface area contributed by atoms with Crippen LogP contribution in [0, 0.1) is 18.6 Å². The second kappa shape index (κ2) is 17.9. The van der Waals surface area contributed by atoms with Gasteiger partial charge in [0.1, 0.15) is 11.6 Å². The number of halogens is 2. The summed E-state index contributed by atoms with van der Waals surface area (Å²) in [6.07, 6.45) is 4.11. The zero-order chi connectivity index (χ0) is 32.0. The number of benzene rings is 3. The van der Waals surface area contributed by atoms with E-state index >= 15 is 0 Å². The number of carboxylic acids is 1. The van der Waals surface area contributed by atoms with Crippen LogP contribution in [0.4, 0.5) is 8.78 Å². The Balaban J connectivity index is 0.00000206. The molecule has 0 saturated heterocycles. The van der Waals surface area contributed by atoms with Gasteiger partial charge in [-0.25, -0.2) is 13.1 Å². The molecule has 234 valence electrons. The van der Waals surface area contributed by atoms with Gasteiger partial charge in [0.15, 0.2) is 0 Å². The summed E-state index contributed by atoms with van der Waals surface area (Å²) in [5, 5.41) is 23.2. The molecule has 0 bridgehead atoms. The van der Waals surface area contributed by atoms with Gasteiger partial charge in [-0.15, -0.1) is 6.58 Å². The lowest BCUT2D eigenvalue weighted by Crippen LogP contribution is -2.45. The van der Waals surface area contributed by atoms with Crippen molar-refractivity contribution in [2.24, 2.45) is 0 Å². The number of allylic oxidation sites excluding steroid dienone is 1. The summed E-state index contributed by atoms with van der Waals surface area (Å²) in [6, 6.07) is 18.0. The van der Waals surface area contributed by atoms with Gasteiger partial charge in [-0.2, -0.15) is 0 Å². The summed E-state index contributed by atoms with van der Waals surface area (Å²) >= 11 is 1.47. The molecule has 0 aliphatic carbocycles. The number of hydrogen-bond donors (Lipinski definition) is 3. The summed E-state index contributed by atoms with van der Waals surface area (Å²) in [7, 11) is 1.91. The van der Waals surface area contributed by atoms with Crippen molar-refractivity contribution in [1.82, 2.24) is 9.62 Å². The maximum absolute atomic E-state index is 14.8. The van der Waals surface area contributed by atoms with Gasteiger partial charge in [0.2, 0.25) is 0 Å². The first-order valence-corrected chi connectivity index (χ1v) is 15.4. The lowest BCUT2D eigenvalue weighted by Gasteiger charge is -2.29. The van der Waals surface area contributed by atoms with Gasteiger partial charge in [-0.3, -0.25) is 4.79 Å². The fraction of sp³-hybridized carbons (Fsp3) is 0.400. The molecule has 0 aromatic heterocycles. The van der Waals surface area contributed by atoms with E-state index in [9.17, 15) is 18.7 Å². The van der Waals surface area contributed by atoms with Crippen molar-refractivity contribution in [2.45, 2.75) is 76.3 Å². The Kier molecular flexibility index (Phi) is 15.1. The van der Waals surface area contributed by atoms with Crippen LogP contribution in [-0.2, 0) is 17.6 Å². The highest BCUT2D eigenvalue weighted by Crippen LogP contribution is 2.34. The van der Waals surface area contributed by atoms with E-state index in [0.717, 1.165) is 35.8 Å². The number of carbonyl (C=O) groups is 1. The average molecular weight is 613 g/mol. The Morgan fingerprint density at radius 3 is 2.42 bits per heavy atom. The first-order chi connectivity index (χ1) is 20.3. The van der Waals surface area contributed by atoms with E-state index in [4.69, 9.17) is 5.11 Å². The molecule has 3 aromatic rings. The van der Waals surface area contributed by atoms with Crippen LogP contribution in [0.25, 0.3) is 11.1 Å². The van der Waals surface area contributed by atoms with Crippen LogP contribution in [0.15, 0.2) is 78.2 Å². The van der Waals surface area contributed by atoms with Gasteiger partial charge >= 0.3 is 5.97 Å². The van der Waals surface area contributed by atoms with Gasteiger partial charge in [0, 0.05) is 41.6 Å². The summed E-state index contributed by atoms with van der Waals surface area (Å²) in [4.78, 5) is 12.0. The minimum absolute atomic E-state index is 0.0355. The number of likely N-dealkylation sites (N-methyl/N-ethyl adjacent to an activating group) is 1. The molecule has 0 aliphatic rings. The number of carboxylic acid groups (broad SMARTS) is 1. The largest absolute Gasteiger partial charge is 0.481 e. The van der Waals surface area contributed by atoms with Crippen LogP contribution in [0.1, 0.15) is 56.7 Å². The van der Waals surface area contributed by atoms with E-state index in [-0.39, 0.29) is 23.9 Å². The number of aryl methyl sites for hydroxylation is 3. The molecular formula is C35H46F2N2O3S. The van der Waals surface area contributed by atoms with E-state index in [1.54, 1.807) is 12.1 Å². The predicted molar refractivity (Wildman–Crippen MR) is 174 cm³/mol. The van der Waals surface area contributed by atoms with Crippen molar-refractivity contribution in [3.8, 4) is 11.1 Å². The van der Waals surface area contributed by atoms with Gasteiger partial charge in [0.05, 0.1) is 6.10 Å². The third-order valence-electron chi connectivity index (χ3n) is 6.87. The smallest absolute Gasteiger partial charge is 0.303 e. The minimum atomic E-state index is -1.02. The molecule has 0 heterocycles. The minimum Gasteiger partial charge on any atom is -0.481 e. The Morgan fingerprint density at radius 2 is 1.79 bits per heavy atom. The van der Waals surface area contributed by atoms with E-state index in [1.807, 2.05) is 43.4 Å². The van der Waals surface area contributed by atoms with E-state index < -0.39 is 23.7 Å². The molecule has 0 spiro atoms. The molecule has 0 amide bonds. The van der Waals surface area contributed by atoms with Crippen LogP contribution >= 0.6 is 11.9 Å². The first-order valence-electron chi connectivity index (χ1n) is 14.6. The van der Waals surface area contributed by atoms with E-state index in [1.165, 1.54) is 23.6 Å². The Labute approximate surface area is 260 Å². The van der Waals surface area contributed by atoms with Gasteiger partial charge < -0.3 is 15.5 Å². The molecule has 0 aliphatic heterocycles. The summed E-state index contributed by atoms with van der Waals surface area (Å²) < 4.78 is 30.7. The third-order valence-corrected chi connectivity index (χ3v) is 7.79. The van der Waals surface area contributed by atoms with Crippen molar-refractivity contribution in [3.05, 3.63) is 102 Å². The Hall–Kier alpha value is -3.04. The van der Waals surface area contributed by atoms with Crippen molar-refractivity contribution >= 4 is 17.9 Å². The van der Waals surface area contributed by atoms with Crippen molar-refractivity contribution in [1.29, 1.82) is 0 Å². The maximum Gasteiger partial charge on any atom is 0.303 e. The van der Waals surface area contributed by atoms with Gasteiger partial charge in [-0.05, 0) is 113 Å². The summed E-state index contributed by atoms with van der Waals surface area (Å²) in [6.45, 7) is 12.3. The van der Waals surface area contributed by atoms with Crippen molar-refractivity contribution < 1.29 is 23.8 Å². The number of aliphatic hydroxyl groups excluding tert-OH is 1. The van der Waals surface area contributed by atoms with Crippen molar-refractivity contribution in [2.75, 3.05) is 20.1 Å². The lowest BCUT2D eigenvalue weighted by molar-refractivity contribution is -0.136. The SMILES string of the molecule is C=CC.Cc1cc(SN(C)CC(O)CNC(C)(C)CCCc2ccccc2)ccc1-c1c(F)cc(F)cc1CCC(=O)O. The zero-order valence-electron chi connectivity index (χ0n) is 26.0. The van der Waals surface area contributed by atoms with Crippen LogP contribution < -0.4 is 5.32 Å². The zero-order valence-corrected chi connectivity index (χ0v) is 26.8. The van der Waals surface area contributed by atoms with Crippen LogP contribution in [-0.4, -0.2) is 52.3 Å². The number of aliphatic hydroxyl groups is 1. The second-order valence-electron chi connectivity index (χ2n) is 11.4. The highest BCUT2D eigenvalue weighted by molar-refractivity contribution is 7.97. The number of nitrogens with zero attached hydrogens (tertiary/aromatic N) is 1. The number of rotatable bonds is 15. The molecule has 0 saturated carbocycles. The van der Waals surface area contributed by atoms with E-state index in [2.05, 4.69) is 50.0 Å². The molecule has 3 rings (SSSR count). The van der Waals surface area contributed by atoms with Crippen LogP contribution in [0.3, 0.4) is 0 Å². The monoisotopic (exact) mass is 612 g/mol. The quantitative estimate of drug-likeness (QED) is 0.120. The molecule has 0 fully saturated rings. The molecule has 3 N–H and O–H groups in total. The fourth-order valence-electron chi connectivity index (χ4n) is 4.78. The van der Waals surface area contributed by atoms with Crippen LogP contribution in [0.5, 0.6) is 0 Å². The standard InChI is InChI=1S/C32H40F2N2O3S.C3H6/c1-22-17-27(13-14-28(22)31-24(12-15-30(38)39)18-25(33)19-29(31)34)40-36(4)21-26(37)20-35-32(2,3)16-8-11-23-9-6-5-7-10-23;1-3-2/h5-7,9-10,13-14,17-19,26,35,37H,8,11-12,15-16,20-21H2,1-4H3,(H,38,39);3H,1H2,2H3. The van der Waals surface area contributed by atoms with Gasteiger partial charge in [0.25, 0.3) is 0 Å². The third kappa shape index (κ3) is 13.0. The van der Waals surface area contributed by atoms with E-state index in [0.29, 0.717) is 24.2 Å². The van der Waals surface area contributed by atoms with Crippen LogP contribution in [0.2, 0.25) is 0 Å². The topological polar surface area (TPSA) is 72.8 Å². The maximum atomic E-state index is 14.8.